The largest absolute Gasteiger partial charge is 0.469 e. The Kier molecular flexibility index (Phi) is 16.1. The third-order valence-corrected chi connectivity index (χ3v) is 19.3. The van der Waals surface area contributed by atoms with Crippen molar-refractivity contribution < 1.29 is 67.5 Å². The molecule has 7 aromatic heterocycles. The van der Waals surface area contributed by atoms with Crippen molar-refractivity contribution in [1.82, 2.24) is 34.6 Å². The number of carbonyl (C=O) groups excluding carboxylic acids is 3. The van der Waals surface area contributed by atoms with Crippen molar-refractivity contribution >= 4 is 115 Å². The van der Waals surface area contributed by atoms with E-state index in [0.717, 1.165) is 21.1 Å². The Morgan fingerprint density at radius 1 is 0.625 bits per heavy atom. The second kappa shape index (κ2) is 24.3. The van der Waals surface area contributed by atoms with Crippen LogP contribution in [0.15, 0.2) is 154 Å². The van der Waals surface area contributed by atoms with E-state index in [0.29, 0.717) is 107 Å². The molecule has 8 heterocycles. The predicted molar refractivity (Wildman–Crippen MR) is 358 cm³/mol. The van der Waals surface area contributed by atoms with Crippen LogP contribution in [-0.2, 0) is 36.0 Å². The van der Waals surface area contributed by atoms with Crippen LogP contribution in [0.2, 0.25) is 0 Å². The van der Waals surface area contributed by atoms with Gasteiger partial charge in [0.15, 0.2) is 0 Å². The number of hydrogen-bond acceptors (Lipinski definition) is 15. The van der Waals surface area contributed by atoms with Crippen molar-refractivity contribution in [3.05, 3.63) is 186 Å². The molecule has 1 aliphatic rings. The van der Waals surface area contributed by atoms with E-state index in [1.54, 1.807) is 77.2 Å². The van der Waals surface area contributed by atoms with Gasteiger partial charge >= 0.3 is 5.97 Å². The van der Waals surface area contributed by atoms with Gasteiger partial charge in [-0.2, -0.15) is 0 Å². The topological polar surface area (TPSA) is 266 Å². The van der Waals surface area contributed by atoms with Crippen LogP contribution >= 0.6 is 0 Å². The number of carbonyl (C=O) groups is 3. The van der Waals surface area contributed by atoms with Gasteiger partial charge in [0.1, 0.15) is 75.6 Å². The quantitative estimate of drug-likeness (QED) is 0.0582. The number of ether oxygens (including phenoxy) is 1. The van der Waals surface area contributed by atoms with Crippen LogP contribution in [0.1, 0.15) is 39.1 Å². The predicted octanol–water partition coefficient (Wildman–Crippen LogP) is 12.0. The molecule has 0 bridgehead atoms. The molecule has 2 amide bonds. The van der Waals surface area contributed by atoms with Gasteiger partial charge in [-0.05, 0) is 121 Å². The zero-order valence-electron chi connectivity index (χ0n) is 52.0. The van der Waals surface area contributed by atoms with Gasteiger partial charge in [-0.15, -0.1) is 0 Å². The summed E-state index contributed by atoms with van der Waals surface area (Å²) in [5.41, 5.74) is 7.57. The van der Waals surface area contributed by atoms with Gasteiger partial charge in [0.05, 0.1) is 87.0 Å². The van der Waals surface area contributed by atoms with E-state index in [2.05, 4.69) is 16.0 Å². The average molecular weight is 1340 g/mol. The maximum Gasteiger partial charge on any atom is 0.313 e. The molecule has 27 heteroatoms. The molecular formula is C69H56F4N10O11S2. The van der Waals surface area contributed by atoms with Crippen molar-refractivity contribution in [2.75, 3.05) is 68.3 Å². The summed E-state index contributed by atoms with van der Waals surface area (Å²) in [6, 6.07) is 36.8. The minimum atomic E-state index is -3.81. The lowest BCUT2D eigenvalue weighted by Gasteiger charge is -2.30. The molecule has 0 saturated heterocycles. The number of furan rings is 2. The summed E-state index contributed by atoms with van der Waals surface area (Å²) in [4.78, 5) is 53.5. The third kappa shape index (κ3) is 11.1. The fourth-order valence-corrected chi connectivity index (χ4v) is 13.1. The molecule has 14 rings (SSSR count). The number of amides is 2. The first-order valence-electron chi connectivity index (χ1n) is 29.6. The number of aromatic nitrogens is 5. The van der Waals surface area contributed by atoms with Gasteiger partial charge in [0.2, 0.25) is 20.0 Å². The molecule has 0 saturated carbocycles. The van der Waals surface area contributed by atoms with Gasteiger partial charge in [-0.1, -0.05) is 12.1 Å². The van der Waals surface area contributed by atoms with Gasteiger partial charge in [0, 0.05) is 97.1 Å². The Labute approximate surface area is 544 Å². The number of fused-ring (bicyclic) bond motifs is 12. The van der Waals surface area contributed by atoms with E-state index < -0.39 is 61.1 Å². The number of aliphatic hydroxyl groups excluding tert-OH is 1. The lowest BCUT2D eigenvalue weighted by atomic mass is 10.00. The highest BCUT2D eigenvalue weighted by molar-refractivity contribution is 7.92. The van der Waals surface area contributed by atoms with Gasteiger partial charge in [0.25, 0.3) is 11.8 Å². The molecule has 21 nitrogen and oxygen atoms in total. The Bertz CT molecular complexity index is 5640. The van der Waals surface area contributed by atoms with Crippen LogP contribution in [-0.4, -0.2) is 118 Å². The lowest BCUT2D eigenvalue weighted by Crippen LogP contribution is -2.26. The number of rotatable bonds is 14. The molecule has 4 N–H and O–H groups in total. The molecule has 1 atom stereocenters. The van der Waals surface area contributed by atoms with Crippen molar-refractivity contribution in [1.29, 1.82) is 0 Å². The molecule has 96 heavy (non-hydrogen) atoms. The van der Waals surface area contributed by atoms with Crippen molar-refractivity contribution in [3.63, 3.8) is 0 Å². The fraction of sp³-hybridized carbons (Fsp3) is 0.159. The summed E-state index contributed by atoms with van der Waals surface area (Å²) < 4.78 is 132. The molecule has 0 radical (unpaired) electrons. The van der Waals surface area contributed by atoms with E-state index in [4.69, 9.17) is 28.5 Å². The monoisotopic (exact) mass is 1340 g/mol. The summed E-state index contributed by atoms with van der Waals surface area (Å²) in [6.45, 7) is -0.105. The van der Waals surface area contributed by atoms with Crippen LogP contribution in [0.5, 0.6) is 0 Å². The minimum absolute atomic E-state index is 0.105. The Balaban J connectivity index is 0.000000174. The summed E-state index contributed by atoms with van der Waals surface area (Å²) in [5, 5.41) is 19.9. The number of esters is 1. The number of nitrogens with one attached hydrogen (secondary N) is 3. The second-order valence-corrected chi connectivity index (χ2v) is 26.7. The first kappa shape index (κ1) is 63.6. The molecule has 6 aromatic carbocycles. The maximum atomic E-state index is 15.0. The third-order valence-electron chi connectivity index (χ3n) is 16.9. The Hall–Kier alpha value is -11.2. The molecule has 0 aliphatic carbocycles. The number of aliphatic hydroxyl groups is 1. The Morgan fingerprint density at radius 3 is 1.65 bits per heavy atom. The van der Waals surface area contributed by atoms with E-state index in [-0.39, 0.29) is 69.8 Å². The van der Waals surface area contributed by atoms with Crippen LogP contribution in [0.4, 0.5) is 34.6 Å². The minimum Gasteiger partial charge on any atom is -0.469 e. The smallest absolute Gasteiger partial charge is 0.313 e. The number of hydrogen-bond donors (Lipinski definition) is 4. The van der Waals surface area contributed by atoms with Crippen molar-refractivity contribution in [2.24, 2.45) is 0 Å². The molecule has 1 unspecified atom stereocenters. The molecular weight excluding hydrogens is 1280 g/mol. The standard InChI is InChI=1S/C35H27F2N5O6S.C34H29F2N5O5S/c1-38-35(44)32-22-14-21(27(41(2)49(4,45)46)16-29(22)48-34(32)18-8-10-19(36)11-9-18)24-12-13-25-33(40-24)28-15-20-23(37)6-5-7-26(20)42(28)30(39-25)17-31(43)47-3;1-37-34(43)31-22-15-21(27(40(2)47(3,44)45)17-29(22)46-33(31)18-7-9-19(35)10-8-18)24-11-12-25-32(39-24)28-16-20-23(36)5-4-6-26(20)41(28)30(38-25)13-14-42/h5-16H,17H2,1-4H3,(H,38,44);4-12,15-17,30,38,42H,13-14H2,1-3H3,(H,37,43). The van der Waals surface area contributed by atoms with E-state index >= 15 is 4.39 Å². The highest BCUT2D eigenvalue weighted by Crippen LogP contribution is 2.47. The SMILES string of the molecule is CNC(=O)c1c(-c2ccc(F)cc2)oc2cc(N(C)S(C)(=O)=O)c(-c3ccc4c(n3)-c3cc5c(F)cccc5n3C(CCO)N4)cc12.CNC(=O)c1c(-c2ccc(F)cc2)oc2cc(N(C)S(C)(=O)=O)c(-c3ccc4nc(CC(=O)OC)n5c6cccc(F)c6cc5c4n3)cc12. The number of anilines is 3. The van der Waals surface area contributed by atoms with Crippen LogP contribution in [0, 0.1) is 23.3 Å². The lowest BCUT2D eigenvalue weighted by molar-refractivity contribution is -0.139. The van der Waals surface area contributed by atoms with Crippen LogP contribution < -0.4 is 24.6 Å². The summed E-state index contributed by atoms with van der Waals surface area (Å²) in [7, 11) is -0.597. The number of sulfonamides is 2. The maximum absolute atomic E-state index is 15.0. The normalized spacial score (nSPS) is 13.0. The fourth-order valence-electron chi connectivity index (χ4n) is 12.1. The zero-order chi connectivity index (χ0) is 68.0. The van der Waals surface area contributed by atoms with Gasteiger partial charge in [-0.3, -0.25) is 27.4 Å². The van der Waals surface area contributed by atoms with Crippen LogP contribution in [0.3, 0.4) is 0 Å². The zero-order valence-corrected chi connectivity index (χ0v) is 53.7. The molecule has 13 aromatic rings. The number of methoxy groups -OCH3 is 1. The second-order valence-electron chi connectivity index (χ2n) is 22.7. The van der Waals surface area contributed by atoms with Crippen molar-refractivity contribution in [2.45, 2.75) is 19.0 Å². The highest BCUT2D eigenvalue weighted by Gasteiger charge is 2.32. The first-order valence-corrected chi connectivity index (χ1v) is 33.3. The highest BCUT2D eigenvalue weighted by atomic mass is 32.2. The Morgan fingerprint density at radius 2 is 1.14 bits per heavy atom. The molecule has 488 valence electrons. The summed E-state index contributed by atoms with van der Waals surface area (Å²) in [5.74, 6) is -2.61. The number of nitrogens with zero attached hydrogens (tertiary/aromatic N) is 7. The van der Waals surface area contributed by atoms with Crippen molar-refractivity contribution in [3.8, 4) is 56.6 Å². The molecule has 1 aliphatic heterocycles. The summed E-state index contributed by atoms with van der Waals surface area (Å²) >= 11 is 0. The number of halogens is 4. The average Bonchev–Trinajstić information content (AvgIpc) is 1.52. The van der Waals surface area contributed by atoms with E-state index in [1.807, 2.05) is 4.57 Å². The van der Waals surface area contributed by atoms with Gasteiger partial charge < -0.3 is 39.2 Å². The summed E-state index contributed by atoms with van der Waals surface area (Å²) in [6.07, 6.45) is 1.91. The van der Waals surface area contributed by atoms with E-state index in [1.165, 1.54) is 108 Å². The number of benzene rings is 6. The van der Waals surface area contributed by atoms with Crippen LogP contribution in [0.25, 0.3) is 117 Å². The van der Waals surface area contributed by atoms with Gasteiger partial charge in [-0.25, -0.2) is 49.3 Å². The number of pyridine rings is 2. The molecule has 0 fully saturated rings. The van der Waals surface area contributed by atoms with E-state index in [9.17, 15) is 49.5 Å². The first-order chi connectivity index (χ1) is 45.9. The molecule has 0 spiro atoms.